The molecule has 0 bridgehead atoms. The standard InChI is InChI=1S/C10H7ClF3N3/c11-8-2-1-6(5-7(8)10(12,13)14)17-4-3-9(15)16-17/h1-5H,(H2,15,16). The van der Waals surface area contributed by atoms with Gasteiger partial charge in [0.25, 0.3) is 0 Å². The zero-order chi connectivity index (χ0) is 12.6. The van der Waals surface area contributed by atoms with Gasteiger partial charge in [-0.2, -0.15) is 18.3 Å². The van der Waals surface area contributed by atoms with Crippen molar-refractivity contribution in [3.8, 4) is 5.69 Å². The van der Waals surface area contributed by atoms with Crippen molar-refractivity contribution in [2.45, 2.75) is 6.18 Å². The largest absolute Gasteiger partial charge is 0.417 e. The SMILES string of the molecule is Nc1ccn(-c2ccc(Cl)c(C(F)(F)F)c2)n1. The summed E-state index contributed by atoms with van der Waals surface area (Å²) in [5, 5.41) is 3.47. The van der Waals surface area contributed by atoms with Crippen molar-refractivity contribution in [2.75, 3.05) is 5.73 Å². The van der Waals surface area contributed by atoms with Crippen molar-refractivity contribution < 1.29 is 13.2 Å². The summed E-state index contributed by atoms with van der Waals surface area (Å²) < 4.78 is 39.1. The quantitative estimate of drug-likeness (QED) is 0.857. The Hall–Kier alpha value is -1.69. The third-order valence-electron chi connectivity index (χ3n) is 2.13. The van der Waals surface area contributed by atoms with Crippen LogP contribution in [0.1, 0.15) is 5.56 Å². The molecule has 7 heteroatoms. The van der Waals surface area contributed by atoms with Crippen LogP contribution in [0.2, 0.25) is 5.02 Å². The number of benzene rings is 1. The molecule has 2 N–H and O–H groups in total. The van der Waals surface area contributed by atoms with Gasteiger partial charge in [-0.3, -0.25) is 0 Å². The second-order valence-electron chi connectivity index (χ2n) is 3.35. The second kappa shape index (κ2) is 3.96. The topological polar surface area (TPSA) is 43.8 Å². The van der Waals surface area contributed by atoms with E-state index in [1.807, 2.05) is 0 Å². The lowest BCUT2D eigenvalue weighted by Gasteiger charge is -2.10. The molecule has 17 heavy (non-hydrogen) atoms. The van der Waals surface area contributed by atoms with Crippen molar-refractivity contribution in [1.29, 1.82) is 0 Å². The Labute approximate surface area is 99.6 Å². The van der Waals surface area contributed by atoms with E-state index in [0.717, 1.165) is 6.07 Å². The highest BCUT2D eigenvalue weighted by molar-refractivity contribution is 6.31. The van der Waals surface area contributed by atoms with E-state index in [2.05, 4.69) is 5.10 Å². The Morgan fingerprint density at radius 2 is 1.94 bits per heavy atom. The van der Waals surface area contributed by atoms with Crippen LogP contribution in [0.3, 0.4) is 0 Å². The summed E-state index contributed by atoms with van der Waals surface area (Å²) >= 11 is 5.50. The molecule has 2 rings (SSSR count). The lowest BCUT2D eigenvalue weighted by atomic mass is 10.2. The monoisotopic (exact) mass is 261 g/mol. The molecule has 0 saturated carbocycles. The van der Waals surface area contributed by atoms with E-state index < -0.39 is 11.7 Å². The second-order valence-corrected chi connectivity index (χ2v) is 3.75. The molecule has 0 aliphatic carbocycles. The Kier molecular flexibility index (Phi) is 2.74. The Balaban J connectivity index is 2.51. The van der Waals surface area contributed by atoms with Crippen molar-refractivity contribution in [1.82, 2.24) is 9.78 Å². The molecule has 0 unspecified atom stereocenters. The number of halogens is 4. The zero-order valence-electron chi connectivity index (χ0n) is 8.37. The Morgan fingerprint density at radius 3 is 2.47 bits per heavy atom. The highest BCUT2D eigenvalue weighted by Crippen LogP contribution is 2.35. The maximum atomic E-state index is 12.6. The van der Waals surface area contributed by atoms with Gasteiger partial charge in [-0.15, -0.1) is 0 Å². The van der Waals surface area contributed by atoms with E-state index in [-0.39, 0.29) is 16.5 Å². The Morgan fingerprint density at radius 1 is 1.24 bits per heavy atom. The van der Waals surface area contributed by atoms with Gasteiger partial charge in [-0.25, -0.2) is 4.68 Å². The number of hydrogen-bond donors (Lipinski definition) is 1. The third kappa shape index (κ3) is 2.36. The normalized spacial score (nSPS) is 11.8. The molecule has 0 aliphatic rings. The fourth-order valence-electron chi connectivity index (χ4n) is 1.35. The van der Waals surface area contributed by atoms with E-state index in [1.165, 1.54) is 29.1 Å². The minimum atomic E-state index is -4.49. The van der Waals surface area contributed by atoms with E-state index in [9.17, 15) is 13.2 Å². The highest BCUT2D eigenvalue weighted by atomic mass is 35.5. The first-order valence-corrected chi connectivity index (χ1v) is 4.94. The third-order valence-corrected chi connectivity index (χ3v) is 2.46. The van der Waals surface area contributed by atoms with Crippen molar-refractivity contribution >= 4 is 17.4 Å². The van der Waals surface area contributed by atoms with Crippen LogP contribution < -0.4 is 5.73 Å². The lowest BCUT2D eigenvalue weighted by Crippen LogP contribution is -2.07. The average molecular weight is 262 g/mol. The van der Waals surface area contributed by atoms with Gasteiger partial charge in [-0.05, 0) is 18.2 Å². The van der Waals surface area contributed by atoms with Crippen molar-refractivity contribution in [2.24, 2.45) is 0 Å². The van der Waals surface area contributed by atoms with Crippen LogP contribution in [0.25, 0.3) is 5.69 Å². The highest BCUT2D eigenvalue weighted by Gasteiger charge is 2.33. The fourth-order valence-corrected chi connectivity index (χ4v) is 1.58. The summed E-state index contributed by atoms with van der Waals surface area (Å²) in [4.78, 5) is 0. The van der Waals surface area contributed by atoms with Gasteiger partial charge in [0.05, 0.1) is 16.3 Å². The van der Waals surface area contributed by atoms with Crippen LogP contribution in [0.5, 0.6) is 0 Å². The molecule has 0 saturated heterocycles. The summed E-state index contributed by atoms with van der Waals surface area (Å²) in [7, 11) is 0. The van der Waals surface area contributed by atoms with Gasteiger partial charge >= 0.3 is 6.18 Å². The predicted molar refractivity (Wildman–Crippen MR) is 58.0 cm³/mol. The number of alkyl halides is 3. The molecule has 0 spiro atoms. The summed E-state index contributed by atoms with van der Waals surface area (Å²) in [6.45, 7) is 0. The van der Waals surface area contributed by atoms with Crippen LogP contribution in [0.4, 0.5) is 19.0 Å². The number of nitrogen functional groups attached to an aromatic ring is 1. The maximum Gasteiger partial charge on any atom is 0.417 e. The maximum absolute atomic E-state index is 12.6. The molecular weight excluding hydrogens is 255 g/mol. The van der Waals surface area contributed by atoms with Crippen LogP contribution in [0.15, 0.2) is 30.5 Å². The van der Waals surface area contributed by atoms with Crippen LogP contribution in [-0.2, 0) is 6.18 Å². The van der Waals surface area contributed by atoms with Crippen molar-refractivity contribution in [3.63, 3.8) is 0 Å². The number of anilines is 1. The molecule has 1 aromatic carbocycles. The molecule has 2 aromatic rings. The number of nitrogens with zero attached hydrogens (tertiary/aromatic N) is 2. The predicted octanol–water partition coefficient (Wildman–Crippen LogP) is 3.13. The van der Waals surface area contributed by atoms with Gasteiger partial charge in [-0.1, -0.05) is 11.6 Å². The summed E-state index contributed by atoms with van der Waals surface area (Å²) in [6, 6.07) is 5.03. The molecular formula is C10H7ClF3N3. The first-order chi connectivity index (χ1) is 7.88. The summed E-state index contributed by atoms with van der Waals surface area (Å²) in [6.07, 6.45) is -3.02. The number of hydrogen-bond acceptors (Lipinski definition) is 2. The van der Waals surface area contributed by atoms with E-state index in [4.69, 9.17) is 17.3 Å². The van der Waals surface area contributed by atoms with Gasteiger partial charge in [0.2, 0.25) is 0 Å². The summed E-state index contributed by atoms with van der Waals surface area (Å²) in [5.74, 6) is 0.230. The summed E-state index contributed by atoms with van der Waals surface area (Å²) in [5.41, 5.74) is 4.74. The van der Waals surface area contributed by atoms with Gasteiger partial charge < -0.3 is 5.73 Å². The molecule has 0 radical (unpaired) electrons. The van der Waals surface area contributed by atoms with Crippen LogP contribution >= 0.6 is 11.6 Å². The number of aromatic nitrogens is 2. The smallest absolute Gasteiger partial charge is 0.382 e. The minimum absolute atomic E-state index is 0.230. The molecule has 3 nitrogen and oxygen atoms in total. The van der Waals surface area contributed by atoms with Crippen molar-refractivity contribution in [3.05, 3.63) is 41.0 Å². The first-order valence-electron chi connectivity index (χ1n) is 4.56. The average Bonchev–Trinajstić information content (AvgIpc) is 2.64. The molecule has 0 fully saturated rings. The lowest BCUT2D eigenvalue weighted by molar-refractivity contribution is -0.137. The van der Waals surface area contributed by atoms with Gasteiger partial charge in [0, 0.05) is 12.3 Å². The molecule has 0 aliphatic heterocycles. The molecule has 0 atom stereocenters. The van der Waals surface area contributed by atoms with Gasteiger partial charge in [0.15, 0.2) is 0 Å². The first kappa shape index (κ1) is 11.8. The van der Waals surface area contributed by atoms with E-state index >= 15 is 0 Å². The number of rotatable bonds is 1. The molecule has 1 heterocycles. The van der Waals surface area contributed by atoms with Crippen LogP contribution in [0, 0.1) is 0 Å². The van der Waals surface area contributed by atoms with Crippen LogP contribution in [-0.4, -0.2) is 9.78 Å². The van der Waals surface area contributed by atoms with E-state index in [0.29, 0.717) is 0 Å². The fraction of sp³-hybridized carbons (Fsp3) is 0.100. The Bertz CT molecular complexity index is 548. The minimum Gasteiger partial charge on any atom is -0.382 e. The van der Waals surface area contributed by atoms with E-state index in [1.54, 1.807) is 0 Å². The molecule has 0 amide bonds. The van der Waals surface area contributed by atoms with Gasteiger partial charge in [0.1, 0.15) is 5.82 Å². The number of nitrogens with two attached hydrogens (primary N) is 1. The molecule has 90 valence electrons. The molecule has 1 aromatic heterocycles. The zero-order valence-corrected chi connectivity index (χ0v) is 9.13.